The molecule has 0 spiro atoms. The van der Waals surface area contributed by atoms with Crippen LogP contribution in [0.5, 0.6) is 11.5 Å². The molecular formula is C25H26N2O4. The van der Waals surface area contributed by atoms with Gasteiger partial charge >= 0.3 is 0 Å². The van der Waals surface area contributed by atoms with Crippen LogP contribution in [0.3, 0.4) is 0 Å². The average Bonchev–Trinajstić information content (AvgIpc) is 2.80. The maximum Gasteiger partial charge on any atom is 0.265 e. The Hall–Kier alpha value is -3.80. The van der Waals surface area contributed by atoms with Crippen LogP contribution in [0.1, 0.15) is 22.8 Å². The van der Waals surface area contributed by atoms with E-state index >= 15 is 0 Å². The summed E-state index contributed by atoms with van der Waals surface area (Å²) in [7, 11) is 1.55. The zero-order valence-electron chi connectivity index (χ0n) is 17.6. The number of anilines is 1. The summed E-state index contributed by atoms with van der Waals surface area (Å²) < 4.78 is 11.0. The molecule has 3 aromatic carbocycles. The van der Waals surface area contributed by atoms with Gasteiger partial charge in [0.15, 0.2) is 6.10 Å². The van der Waals surface area contributed by atoms with Crippen LogP contribution in [0.2, 0.25) is 0 Å². The summed E-state index contributed by atoms with van der Waals surface area (Å²) >= 11 is 0. The van der Waals surface area contributed by atoms with Gasteiger partial charge in [0.1, 0.15) is 11.5 Å². The number of amides is 2. The minimum Gasteiger partial charge on any atom is -0.495 e. The first-order chi connectivity index (χ1) is 15.1. The number of hydrogen-bond donors (Lipinski definition) is 2. The molecule has 0 aliphatic rings. The van der Waals surface area contributed by atoms with Crippen LogP contribution in [0.15, 0.2) is 78.9 Å². The Morgan fingerprint density at radius 3 is 2.29 bits per heavy atom. The quantitative estimate of drug-likeness (QED) is 0.549. The van der Waals surface area contributed by atoms with Gasteiger partial charge in [0.05, 0.1) is 12.8 Å². The Bertz CT molecular complexity index is 1000. The molecule has 0 saturated heterocycles. The molecule has 0 radical (unpaired) electrons. The minimum absolute atomic E-state index is 0.149. The smallest absolute Gasteiger partial charge is 0.265 e. The van der Waals surface area contributed by atoms with Gasteiger partial charge in [0, 0.05) is 12.1 Å². The van der Waals surface area contributed by atoms with Crippen LogP contribution in [0.4, 0.5) is 5.69 Å². The summed E-state index contributed by atoms with van der Waals surface area (Å²) in [6, 6.07) is 23.9. The van der Waals surface area contributed by atoms with Crippen molar-refractivity contribution in [2.24, 2.45) is 0 Å². The Labute approximate surface area is 182 Å². The van der Waals surface area contributed by atoms with Crippen LogP contribution in [-0.4, -0.2) is 31.6 Å². The van der Waals surface area contributed by atoms with E-state index in [-0.39, 0.29) is 11.8 Å². The molecule has 2 amide bonds. The molecule has 3 aromatic rings. The lowest BCUT2D eigenvalue weighted by Gasteiger charge is -2.16. The standard InChI is InChI=1S/C25H26N2O4/c1-18(24(28)27-22-10-6-7-11-23(22)30-2)31-21-14-12-20(13-15-21)25(29)26-17-16-19-8-4-3-5-9-19/h3-15,18H,16-17H2,1-2H3,(H,26,29)(H,27,28). The Balaban J connectivity index is 1.50. The monoisotopic (exact) mass is 418 g/mol. The lowest BCUT2D eigenvalue weighted by molar-refractivity contribution is -0.122. The van der Waals surface area contributed by atoms with Gasteiger partial charge in [-0.05, 0) is 55.3 Å². The molecule has 0 bridgehead atoms. The van der Waals surface area contributed by atoms with E-state index in [1.165, 1.54) is 5.56 Å². The van der Waals surface area contributed by atoms with Crippen molar-refractivity contribution in [3.63, 3.8) is 0 Å². The first-order valence-corrected chi connectivity index (χ1v) is 10.1. The Morgan fingerprint density at radius 1 is 0.903 bits per heavy atom. The summed E-state index contributed by atoms with van der Waals surface area (Å²) in [5.74, 6) is 0.630. The number of rotatable bonds is 9. The SMILES string of the molecule is COc1ccccc1NC(=O)C(C)Oc1ccc(C(=O)NCCc2ccccc2)cc1. The van der Waals surface area contributed by atoms with E-state index in [1.807, 2.05) is 42.5 Å². The van der Waals surface area contributed by atoms with Crippen LogP contribution in [-0.2, 0) is 11.2 Å². The molecule has 0 saturated carbocycles. The van der Waals surface area contributed by atoms with E-state index in [9.17, 15) is 9.59 Å². The van der Waals surface area contributed by atoms with Crippen molar-refractivity contribution < 1.29 is 19.1 Å². The van der Waals surface area contributed by atoms with Gasteiger partial charge in [-0.3, -0.25) is 9.59 Å². The third kappa shape index (κ3) is 6.34. The molecular weight excluding hydrogens is 392 g/mol. The maximum atomic E-state index is 12.4. The number of benzene rings is 3. The van der Waals surface area contributed by atoms with Gasteiger partial charge in [0.25, 0.3) is 11.8 Å². The molecule has 160 valence electrons. The average molecular weight is 418 g/mol. The van der Waals surface area contributed by atoms with Crippen molar-refractivity contribution in [1.82, 2.24) is 5.32 Å². The van der Waals surface area contributed by atoms with Gasteiger partial charge in [-0.2, -0.15) is 0 Å². The van der Waals surface area contributed by atoms with E-state index in [1.54, 1.807) is 50.4 Å². The summed E-state index contributed by atoms with van der Waals surface area (Å²) in [6.07, 6.45) is 0.0440. The van der Waals surface area contributed by atoms with Crippen molar-refractivity contribution in [1.29, 1.82) is 0 Å². The lowest BCUT2D eigenvalue weighted by atomic mass is 10.1. The van der Waals surface area contributed by atoms with E-state index in [0.717, 1.165) is 6.42 Å². The summed E-state index contributed by atoms with van der Waals surface area (Å²) in [6.45, 7) is 2.22. The topological polar surface area (TPSA) is 76.7 Å². The van der Waals surface area contributed by atoms with Crippen molar-refractivity contribution >= 4 is 17.5 Å². The lowest BCUT2D eigenvalue weighted by Crippen LogP contribution is -2.30. The van der Waals surface area contributed by atoms with E-state index in [2.05, 4.69) is 10.6 Å². The van der Waals surface area contributed by atoms with Crippen LogP contribution < -0.4 is 20.1 Å². The molecule has 0 aliphatic heterocycles. The van der Waals surface area contributed by atoms with Gasteiger partial charge in [-0.25, -0.2) is 0 Å². The summed E-state index contributed by atoms with van der Waals surface area (Å²) in [5, 5.41) is 5.70. The fourth-order valence-electron chi connectivity index (χ4n) is 2.99. The van der Waals surface area contributed by atoms with Gasteiger partial charge in [-0.15, -0.1) is 0 Å². The maximum absolute atomic E-state index is 12.4. The van der Waals surface area contributed by atoms with Crippen LogP contribution in [0, 0.1) is 0 Å². The summed E-state index contributed by atoms with van der Waals surface area (Å²) in [5.41, 5.74) is 2.28. The Kier molecular flexibility index (Phi) is 7.65. The van der Waals surface area contributed by atoms with E-state index in [0.29, 0.717) is 29.3 Å². The first-order valence-electron chi connectivity index (χ1n) is 10.1. The molecule has 0 heterocycles. The number of ether oxygens (including phenoxy) is 2. The number of methoxy groups -OCH3 is 1. The fraction of sp³-hybridized carbons (Fsp3) is 0.200. The molecule has 0 aliphatic carbocycles. The molecule has 0 fully saturated rings. The molecule has 6 heteroatoms. The van der Waals surface area contributed by atoms with Crippen molar-refractivity contribution in [3.8, 4) is 11.5 Å². The first kappa shape index (κ1) is 21.9. The van der Waals surface area contributed by atoms with Crippen molar-refractivity contribution in [2.75, 3.05) is 19.0 Å². The zero-order chi connectivity index (χ0) is 22.1. The second-order valence-corrected chi connectivity index (χ2v) is 6.97. The van der Waals surface area contributed by atoms with Crippen molar-refractivity contribution in [3.05, 3.63) is 90.0 Å². The number of hydrogen-bond acceptors (Lipinski definition) is 4. The van der Waals surface area contributed by atoms with Gasteiger partial charge < -0.3 is 20.1 Å². The predicted octanol–water partition coefficient (Wildman–Crippen LogP) is 4.07. The van der Waals surface area contributed by atoms with E-state index in [4.69, 9.17) is 9.47 Å². The number of nitrogens with one attached hydrogen (secondary N) is 2. The highest BCUT2D eigenvalue weighted by atomic mass is 16.5. The van der Waals surface area contributed by atoms with Crippen LogP contribution in [0.25, 0.3) is 0 Å². The third-order valence-electron chi connectivity index (χ3n) is 4.71. The molecule has 1 unspecified atom stereocenters. The highest BCUT2D eigenvalue weighted by Crippen LogP contribution is 2.23. The predicted molar refractivity (Wildman–Crippen MR) is 121 cm³/mol. The molecule has 6 nitrogen and oxygen atoms in total. The summed E-state index contributed by atoms with van der Waals surface area (Å²) in [4.78, 5) is 24.8. The minimum atomic E-state index is -0.726. The zero-order valence-corrected chi connectivity index (χ0v) is 17.6. The van der Waals surface area contributed by atoms with Gasteiger partial charge in [0.2, 0.25) is 0 Å². The van der Waals surface area contributed by atoms with Crippen molar-refractivity contribution in [2.45, 2.75) is 19.4 Å². The number of para-hydroxylation sites is 2. The highest BCUT2D eigenvalue weighted by Gasteiger charge is 2.17. The van der Waals surface area contributed by atoms with Gasteiger partial charge in [-0.1, -0.05) is 42.5 Å². The third-order valence-corrected chi connectivity index (χ3v) is 4.71. The Morgan fingerprint density at radius 2 is 1.58 bits per heavy atom. The van der Waals surface area contributed by atoms with E-state index < -0.39 is 6.10 Å². The molecule has 31 heavy (non-hydrogen) atoms. The number of carbonyl (C=O) groups is 2. The second kappa shape index (κ2) is 10.8. The largest absolute Gasteiger partial charge is 0.495 e. The van der Waals surface area contributed by atoms with Crippen LogP contribution >= 0.6 is 0 Å². The highest BCUT2D eigenvalue weighted by molar-refractivity contribution is 5.95. The molecule has 1 atom stereocenters. The fourth-order valence-corrected chi connectivity index (χ4v) is 2.99. The molecule has 2 N–H and O–H groups in total. The second-order valence-electron chi connectivity index (χ2n) is 6.97. The molecule has 0 aromatic heterocycles. The molecule has 3 rings (SSSR count). The normalized spacial score (nSPS) is 11.3. The number of carbonyl (C=O) groups excluding carboxylic acids is 2.